The summed E-state index contributed by atoms with van der Waals surface area (Å²) in [5.74, 6) is 0.959. The van der Waals surface area contributed by atoms with Crippen molar-refractivity contribution in [1.29, 1.82) is 0 Å². The number of nitrogens with one attached hydrogen (secondary N) is 1. The van der Waals surface area contributed by atoms with Crippen molar-refractivity contribution < 1.29 is 4.79 Å². The highest BCUT2D eigenvalue weighted by Crippen LogP contribution is 2.23. The van der Waals surface area contributed by atoms with Crippen LogP contribution in [0.3, 0.4) is 0 Å². The van der Waals surface area contributed by atoms with Crippen molar-refractivity contribution in [2.45, 2.75) is 52.0 Å². The van der Waals surface area contributed by atoms with Gasteiger partial charge in [0.1, 0.15) is 0 Å². The number of rotatable bonds is 5. The lowest BCUT2D eigenvalue weighted by Crippen LogP contribution is -2.40. The van der Waals surface area contributed by atoms with Crippen molar-refractivity contribution in [2.24, 2.45) is 5.92 Å². The third-order valence-corrected chi connectivity index (χ3v) is 3.34. The van der Waals surface area contributed by atoms with Crippen LogP contribution in [-0.4, -0.2) is 37.0 Å². The van der Waals surface area contributed by atoms with Crippen LogP contribution < -0.4 is 5.32 Å². The molecule has 1 saturated carbocycles. The molecule has 3 nitrogen and oxygen atoms in total. The monoisotopic (exact) mass is 226 g/mol. The summed E-state index contributed by atoms with van der Waals surface area (Å²) in [7, 11) is 1.93. The second kappa shape index (κ2) is 6.89. The minimum atomic E-state index is 0.222. The molecule has 1 rings (SSSR count). The maximum Gasteiger partial charge on any atom is 0.236 e. The number of likely N-dealkylation sites (N-methyl/N-ethyl adjacent to an activating group) is 1. The fraction of sp³-hybridized carbons (Fsp3) is 0.923. The number of amides is 1. The quantitative estimate of drug-likeness (QED) is 0.778. The van der Waals surface area contributed by atoms with E-state index in [0.29, 0.717) is 12.6 Å². The van der Waals surface area contributed by atoms with E-state index in [2.05, 4.69) is 19.2 Å². The van der Waals surface area contributed by atoms with Crippen molar-refractivity contribution >= 4 is 5.91 Å². The van der Waals surface area contributed by atoms with Gasteiger partial charge in [0.05, 0.1) is 6.54 Å². The SMILES string of the molecule is CC(C)NCC(=O)N(C)CC1CCCCC1. The lowest BCUT2D eigenvalue weighted by Gasteiger charge is -2.27. The van der Waals surface area contributed by atoms with Crippen LogP contribution >= 0.6 is 0 Å². The number of nitrogens with zero attached hydrogens (tertiary/aromatic N) is 1. The molecule has 1 N–H and O–H groups in total. The molecule has 0 aliphatic heterocycles. The van der Waals surface area contributed by atoms with Crippen molar-refractivity contribution in [3.8, 4) is 0 Å². The van der Waals surface area contributed by atoms with E-state index < -0.39 is 0 Å². The summed E-state index contributed by atoms with van der Waals surface area (Å²) in [5.41, 5.74) is 0. The van der Waals surface area contributed by atoms with Gasteiger partial charge in [0.2, 0.25) is 5.91 Å². The lowest BCUT2D eigenvalue weighted by atomic mass is 9.89. The molecule has 0 aromatic heterocycles. The largest absolute Gasteiger partial charge is 0.344 e. The summed E-state index contributed by atoms with van der Waals surface area (Å²) in [6, 6.07) is 0.382. The second-order valence-corrected chi connectivity index (χ2v) is 5.31. The van der Waals surface area contributed by atoms with Gasteiger partial charge in [0.15, 0.2) is 0 Å². The summed E-state index contributed by atoms with van der Waals surface area (Å²) in [4.78, 5) is 13.7. The third kappa shape index (κ3) is 4.97. The van der Waals surface area contributed by atoms with Crippen LogP contribution in [0.5, 0.6) is 0 Å². The van der Waals surface area contributed by atoms with Gasteiger partial charge in [-0.05, 0) is 18.8 Å². The van der Waals surface area contributed by atoms with Crippen molar-refractivity contribution in [1.82, 2.24) is 10.2 Å². The zero-order valence-electron chi connectivity index (χ0n) is 11.0. The van der Waals surface area contributed by atoms with Gasteiger partial charge in [-0.3, -0.25) is 4.79 Å². The van der Waals surface area contributed by atoms with Gasteiger partial charge in [-0.15, -0.1) is 0 Å². The first kappa shape index (κ1) is 13.5. The molecule has 1 aliphatic rings. The van der Waals surface area contributed by atoms with E-state index in [9.17, 15) is 4.79 Å². The van der Waals surface area contributed by atoms with Gasteiger partial charge in [0, 0.05) is 19.6 Å². The molecule has 94 valence electrons. The minimum absolute atomic E-state index is 0.222. The van der Waals surface area contributed by atoms with Gasteiger partial charge in [-0.1, -0.05) is 33.1 Å². The molecule has 1 aliphatic carbocycles. The van der Waals surface area contributed by atoms with Crippen molar-refractivity contribution in [2.75, 3.05) is 20.1 Å². The first-order valence-corrected chi connectivity index (χ1v) is 6.57. The Morgan fingerprint density at radius 1 is 1.31 bits per heavy atom. The molecule has 0 atom stereocenters. The lowest BCUT2D eigenvalue weighted by molar-refractivity contribution is -0.129. The van der Waals surface area contributed by atoms with E-state index in [-0.39, 0.29) is 5.91 Å². The van der Waals surface area contributed by atoms with Gasteiger partial charge < -0.3 is 10.2 Å². The first-order chi connectivity index (χ1) is 7.59. The number of carbonyl (C=O) groups is 1. The number of hydrogen-bond acceptors (Lipinski definition) is 2. The van der Waals surface area contributed by atoms with Crippen LogP contribution in [0.15, 0.2) is 0 Å². The van der Waals surface area contributed by atoms with Crippen LogP contribution in [0.25, 0.3) is 0 Å². The molecule has 0 spiro atoms. The summed E-state index contributed by atoms with van der Waals surface area (Å²) in [6.45, 7) is 5.54. The molecule has 0 heterocycles. The molecule has 1 amide bonds. The highest BCUT2D eigenvalue weighted by atomic mass is 16.2. The molecule has 0 aromatic rings. The molecule has 0 saturated heterocycles. The molecule has 3 heteroatoms. The van der Waals surface area contributed by atoms with E-state index >= 15 is 0 Å². The molecule has 0 bridgehead atoms. The van der Waals surface area contributed by atoms with Crippen LogP contribution in [-0.2, 0) is 4.79 Å². The van der Waals surface area contributed by atoms with Crippen molar-refractivity contribution in [3.63, 3.8) is 0 Å². The summed E-state index contributed by atoms with van der Waals surface area (Å²) >= 11 is 0. The van der Waals surface area contributed by atoms with Gasteiger partial charge in [-0.2, -0.15) is 0 Å². The highest BCUT2D eigenvalue weighted by Gasteiger charge is 2.17. The summed E-state index contributed by atoms with van der Waals surface area (Å²) in [6.07, 6.45) is 6.67. The Morgan fingerprint density at radius 3 is 2.50 bits per heavy atom. The maximum atomic E-state index is 11.8. The topological polar surface area (TPSA) is 32.3 Å². The van der Waals surface area contributed by atoms with Gasteiger partial charge >= 0.3 is 0 Å². The Labute approximate surface area is 99.6 Å². The Balaban J connectivity index is 2.21. The van der Waals surface area contributed by atoms with Crippen molar-refractivity contribution in [3.05, 3.63) is 0 Å². The maximum absolute atomic E-state index is 11.8. The molecular formula is C13H26N2O. The second-order valence-electron chi connectivity index (χ2n) is 5.31. The average Bonchev–Trinajstić information content (AvgIpc) is 2.27. The van der Waals surface area contributed by atoms with E-state index in [1.54, 1.807) is 0 Å². The zero-order valence-corrected chi connectivity index (χ0v) is 11.0. The predicted octanol–water partition coefficient (Wildman–Crippen LogP) is 2.02. The van der Waals surface area contributed by atoms with E-state index in [1.165, 1.54) is 32.1 Å². The molecule has 0 unspecified atom stereocenters. The molecule has 16 heavy (non-hydrogen) atoms. The minimum Gasteiger partial charge on any atom is -0.344 e. The Bertz CT molecular complexity index is 210. The highest BCUT2D eigenvalue weighted by molar-refractivity contribution is 5.77. The smallest absolute Gasteiger partial charge is 0.236 e. The molecule has 1 fully saturated rings. The third-order valence-electron chi connectivity index (χ3n) is 3.34. The Hall–Kier alpha value is -0.570. The van der Waals surface area contributed by atoms with Gasteiger partial charge in [-0.25, -0.2) is 0 Å². The normalized spacial score (nSPS) is 17.8. The fourth-order valence-corrected chi connectivity index (χ4v) is 2.29. The summed E-state index contributed by atoms with van der Waals surface area (Å²) in [5, 5.41) is 3.17. The van der Waals surface area contributed by atoms with Crippen LogP contribution in [0.2, 0.25) is 0 Å². The predicted molar refractivity (Wildman–Crippen MR) is 67.4 cm³/mol. The fourth-order valence-electron chi connectivity index (χ4n) is 2.29. The molecule has 0 aromatic carbocycles. The van der Waals surface area contributed by atoms with Crippen LogP contribution in [0.1, 0.15) is 46.0 Å². The molecular weight excluding hydrogens is 200 g/mol. The van der Waals surface area contributed by atoms with Crippen LogP contribution in [0.4, 0.5) is 0 Å². The van der Waals surface area contributed by atoms with E-state index in [0.717, 1.165) is 12.5 Å². The van der Waals surface area contributed by atoms with Crippen LogP contribution in [0, 0.1) is 5.92 Å². The Kier molecular flexibility index (Phi) is 5.81. The van der Waals surface area contributed by atoms with E-state index in [1.807, 2.05) is 11.9 Å². The van der Waals surface area contributed by atoms with Gasteiger partial charge in [0.25, 0.3) is 0 Å². The average molecular weight is 226 g/mol. The first-order valence-electron chi connectivity index (χ1n) is 6.57. The number of hydrogen-bond donors (Lipinski definition) is 1. The van der Waals surface area contributed by atoms with E-state index in [4.69, 9.17) is 0 Å². The Morgan fingerprint density at radius 2 is 1.94 bits per heavy atom. The number of carbonyl (C=O) groups excluding carboxylic acids is 1. The summed E-state index contributed by atoms with van der Waals surface area (Å²) < 4.78 is 0. The molecule has 0 radical (unpaired) electrons. The standard InChI is InChI=1S/C13H26N2O/c1-11(2)14-9-13(16)15(3)10-12-7-5-4-6-8-12/h11-12,14H,4-10H2,1-3H3. The zero-order chi connectivity index (χ0) is 12.0.